The zero-order valence-corrected chi connectivity index (χ0v) is 17.8. The highest BCUT2D eigenvalue weighted by molar-refractivity contribution is 7.99. The van der Waals surface area contributed by atoms with Crippen LogP contribution in [-0.2, 0) is 0 Å². The fourth-order valence-electron chi connectivity index (χ4n) is 3.03. The Balaban J connectivity index is 1.68. The van der Waals surface area contributed by atoms with Crippen molar-refractivity contribution in [2.75, 3.05) is 39.6 Å². The number of fused-ring (bicyclic) bond motifs is 1. The number of benzene rings is 2. The second-order valence-corrected chi connectivity index (χ2v) is 7.16. The molecule has 0 saturated carbocycles. The number of nitrogens with one attached hydrogen (secondary N) is 1. The Labute approximate surface area is 178 Å². The smallest absolute Gasteiger partial charge is 0.211 e. The molecule has 1 aromatic heterocycles. The maximum Gasteiger partial charge on any atom is 0.211 e. The Hall–Kier alpha value is -3.40. The van der Waals surface area contributed by atoms with E-state index in [1.165, 1.54) is 0 Å². The molecule has 0 amide bonds. The average Bonchev–Trinajstić information content (AvgIpc) is 3.21. The maximum absolute atomic E-state index is 5.46. The fraction of sp³-hybridized carbons (Fsp3) is 0.250. The highest BCUT2D eigenvalue weighted by atomic mass is 32.2. The Morgan fingerprint density at radius 3 is 2.23 bits per heavy atom. The van der Waals surface area contributed by atoms with Gasteiger partial charge >= 0.3 is 0 Å². The van der Waals surface area contributed by atoms with Gasteiger partial charge in [0, 0.05) is 5.56 Å². The Morgan fingerprint density at radius 1 is 0.933 bits per heavy atom. The molecule has 10 heteroatoms. The lowest BCUT2D eigenvalue weighted by atomic mass is 10.1. The van der Waals surface area contributed by atoms with Crippen LogP contribution in [0.5, 0.6) is 23.0 Å². The Bertz CT molecular complexity index is 1060. The zero-order chi connectivity index (χ0) is 21.1. The molecule has 4 rings (SSSR count). The first-order valence-electron chi connectivity index (χ1n) is 9.04. The zero-order valence-electron chi connectivity index (χ0n) is 17.0. The van der Waals surface area contributed by atoms with Gasteiger partial charge in [0.05, 0.1) is 39.9 Å². The van der Waals surface area contributed by atoms with E-state index >= 15 is 0 Å². The van der Waals surface area contributed by atoms with E-state index in [9.17, 15) is 0 Å². The van der Waals surface area contributed by atoms with Gasteiger partial charge in [-0.05, 0) is 36.4 Å². The number of ether oxygens (including phenoxy) is 4. The third-order valence-electron chi connectivity index (χ3n) is 4.47. The van der Waals surface area contributed by atoms with Gasteiger partial charge in [0.15, 0.2) is 17.3 Å². The number of thioether (sulfide) groups is 1. The maximum atomic E-state index is 5.46. The fourth-order valence-corrected chi connectivity index (χ4v) is 3.78. The summed E-state index contributed by atoms with van der Waals surface area (Å²) in [5.74, 6) is 4.44. The van der Waals surface area contributed by atoms with Gasteiger partial charge in [0.25, 0.3) is 0 Å². The molecule has 1 aliphatic rings. The minimum atomic E-state index is 0.520. The molecular formula is C20H21N5O4S. The van der Waals surface area contributed by atoms with E-state index in [-0.39, 0.29) is 0 Å². The van der Waals surface area contributed by atoms with Crippen molar-refractivity contribution in [3.8, 4) is 34.4 Å². The second kappa shape index (κ2) is 8.54. The SMILES string of the molecule is COc1ccc(N=C2CSc3nnc(-c4cc(OC)c(OC)c(OC)c4)n3N2)cc1. The lowest BCUT2D eigenvalue weighted by Crippen LogP contribution is -2.30. The van der Waals surface area contributed by atoms with E-state index in [0.29, 0.717) is 28.8 Å². The van der Waals surface area contributed by atoms with Gasteiger partial charge in [-0.25, -0.2) is 9.67 Å². The highest BCUT2D eigenvalue weighted by Gasteiger charge is 2.23. The molecular weight excluding hydrogens is 406 g/mol. The lowest BCUT2D eigenvalue weighted by Gasteiger charge is -2.19. The summed E-state index contributed by atoms with van der Waals surface area (Å²) >= 11 is 1.55. The van der Waals surface area contributed by atoms with Gasteiger partial charge in [-0.15, -0.1) is 10.2 Å². The van der Waals surface area contributed by atoms with E-state index in [0.717, 1.165) is 28.0 Å². The van der Waals surface area contributed by atoms with Gasteiger partial charge in [-0.2, -0.15) is 0 Å². The molecule has 0 bridgehead atoms. The molecule has 1 aliphatic heterocycles. The van der Waals surface area contributed by atoms with Crippen LogP contribution in [0.3, 0.4) is 0 Å². The Kier molecular flexibility index (Phi) is 5.66. The van der Waals surface area contributed by atoms with Gasteiger partial charge < -0.3 is 18.9 Å². The molecule has 0 radical (unpaired) electrons. The number of hydrogen-bond acceptors (Lipinski definition) is 8. The van der Waals surface area contributed by atoms with E-state index in [1.807, 2.05) is 36.4 Å². The van der Waals surface area contributed by atoms with Crippen molar-refractivity contribution in [3.63, 3.8) is 0 Å². The number of methoxy groups -OCH3 is 4. The molecule has 156 valence electrons. The summed E-state index contributed by atoms with van der Waals surface area (Å²) in [6.45, 7) is 0. The van der Waals surface area contributed by atoms with Crippen molar-refractivity contribution < 1.29 is 18.9 Å². The van der Waals surface area contributed by atoms with Crippen molar-refractivity contribution in [1.29, 1.82) is 0 Å². The predicted octanol–water partition coefficient (Wildman–Crippen LogP) is 3.36. The molecule has 0 aliphatic carbocycles. The third kappa shape index (κ3) is 3.73. The van der Waals surface area contributed by atoms with Crippen LogP contribution in [0.25, 0.3) is 11.4 Å². The number of aliphatic imine (C=N–C) groups is 1. The summed E-state index contributed by atoms with van der Waals surface area (Å²) in [6.07, 6.45) is 0. The van der Waals surface area contributed by atoms with Crippen LogP contribution >= 0.6 is 11.8 Å². The van der Waals surface area contributed by atoms with Crippen molar-refractivity contribution in [2.45, 2.75) is 5.16 Å². The first-order valence-corrected chi connectivity index (χ1v) is 10.0. The summed E-state index contributed by atoms with van der Waals surface area (Å²) in [7, 11) is 6.36. The average molecular weight is 427 g/mol. The standard InChI is InChI=1S/C20H21N5O4S/c1-26-14-7-5-13(6-8-14)21-17-11-30-20-23-22-19(25(20)24-17)12-9-15(27-2)18(29-4)16(10-12)28-3/h5-10H,11H2,1-4H3,(H,21,24). The molecule has 2 aromatic carbocycles. The van der Waals surface area contributed by atoms with Gasteiger partial charge in [-0.3, -0.25) is 5.43 Å². The summed E-state index contributed by atoms with van der Waals surface area (Å²) < 4.78 is 23.3. The second-order valence-electron chi connectivity index (χ2n) is 6.21. The summed E-state index contributed by atoms with van der Waals surface area (Å²) in [5, 5.41) is 9.37. The Morgan fingerprint density at radius 2 is 1.63 bits per heavy atom. The minimum Gasteiger partial charge on any atom is -0.497 e. The third-order valence-corrected chi connectivity index (χ3v) is 5.41. The number of aromatic nitrogens is 3. The normalized spacial score (nSPS) is 14.1. The van der Waals surface area contributed by atoms with Crippen molar-refractivity contribution in [2.24, 2.45) is 4.99 Å². The topological polar surface area (TPSA) is 92.0 Å². The van der Waals surface area contributed by atoms with Gasteiger partial charge in [-0.1, -0.05) is 11.8 Å². The molecule has 0 spiro atoms. The quantitative estimate of drug-likeness (QED) is 0.640. The van der Waals surface area contributed by atoms with Crippen LogP contribution in [0.2, 0.25) is 0 Å². The summed E-state index contributed by atoms with van der Waals surface area (Å²) in [4.78, 5) is 4.68. The largest absolute Gasteiger partial charge is 0.497 e. The molecule has 0 saturated heterocycles. The molecule has 0 fully saturated rings. The molecule has 0 atom stereocenters. The van der Waals surface area contributed by atoms with E-state index < -0.39 is 0 Å². The van der Waals surface area contributed by atoms with Crippen molar-refractivity contribution >= 4 is 23.3 Å². The van der Waals surface area contributed by atoms with Gasteiger partial charge in [0.1, 0.15) is 11.6 Å². The molecule has 9 nitrogen and oxygen atoms in total. The van der Waals surface area contributed by atoms with E-state index in [1.54, 1.807) is 44.9 Å². The van der Waals surface area contributed by atoms with Crippen molar-refractivity contribution in [3.05, 3.63) is 36.4 Å². The van der Waals surface area contributed by atoms with Crippen LogP contribution in [0, 0.1) is 0 Å². The number of rotatable bonds is 6. The predicted molar refractivity (Wildman–Crippen MR) is 115 cm³/mol. The summed E-state index contributed by atoms with van der Waals surface area (Å²) in [6, 6.07) is 11.2. The first kappa shape index (κ1) is 19.9. The molecule has 2 heterocycles. The number of hydrogen-bond donors (Lipinski definition) is 1. The minimum absolute atomic E-state index is 0.520. The van der Waals surface area contributed by atoms with Gasteiger partial charge in [0.2, 0.25) is 10.9 Å². The van der Waals surface area contributed by atoms with E-state index in [4.69, 9.17) is 18.9 Å². The molecule has 1 N–H and O–H groups in total. The molecule has 0 unspecified atom stereocenters. The van der Waals surface area contributed by atoms with Crippen molar-refractivity contribution in [1.82, 2.24) is 14.9 Å². The lowest BCUT2D eigenvalue weighted by molar-refractivity contribution is 0.324. The van der Waals surface area contributed by atoms with Crippen LogP contribution in [0.4, 0.5) is 5.69 Å². The molecule has 3 aromatic rings. The monoisotopic (exact) mass is 427 g/mol. The highest BCUT2D eigenvalue weighted by Crippen LogP contribution is 2.41. The van der Waals surface area contributed by atoms with Crippen LogP contribution in [-0.4, -0.2) is 54.9 Å². The molecule has 30 heavy (non-hydrogen) atoms. The first-order chi connectivity index (χ1) is 14.7. The van der Waals surface area contributed by atoms with Crippen LogP contribution < -0.4 is 24.4 Å². The van der Waals surface area contributed by atoms with Crippen LogP contribution in [0.15, 0.2) is 46.5 Å². The number of nitrogens with zero attached hydrogens (tertiary/aromatic N) is 4. The number of amidine groups is 1. The van der Waals surface area contributed by atoms with E-state index in [2.05, 4.69) is 20.6 Å². The summed E-state index contributed by atoms with van der Waals surface area (Å²) in [5.41, 5.74) is 4.89. The van der Waals surface area contributed by atoms with Crippen LogP contribution in [0.1, 0.15) is 0 Å².